The average molecular weight is 488 g/mol. The van der Waals surface area contributed by atoms with Crippen molar-refractivity contribution in [2.45, 2.75) is 19.5 Å². The summed E-state index contributed by atoms with van der Waals surface area (Å²) in [6.45, 7) is 2.31. The van der Waals surface area contributed by atoms with Crippen LogP contribution in [0.2, 0.25) is 5.02 Å². The van der Waals surface area contributed by atoms with Crippen molar-refractivity contribution in [3.8, 4) is 17.2 Å². The van der Waals surface area contributed by atoms with E-state index >= 15 is 0 Å². The molecule has 1 aliphatic rings. The van der Waals surface area contributed by atoms with Crippen LogP contribution in [0, 0.1) is 6.92 Å². The number of aromatic nitrogens is 1. The highest BCUT2D eigenvalue weighted by atomic mass is 35.5. The number of amides is 2. The Morgan fingerprint density at radius 2 is 1.77 bits per heavy atom. The Kier molecular flexibility index (Phi) is 6.14. The van der Waals surface area contributed by atoms with Gasteiger partial charge in [-0.1, -0.05) is 41.9 Å². The van der Waals surface area contributed by atoms with Crippen LogP contribution in [0.5, 0.6) is 11.5 Å². The lowest BCUT2D eigenvalue weighted by Gasteiger charge is -2.31. The zero-order valence-corrected chi connectivity index (χ0v) is 20.5. The SMILES string of the molecule is COc1ccc(C2c3cccn3-c3ccccc3CN2C(=O)Nc2cccc(Cl)c2C)cc1OC. The number of urea groups is 1. The maximum atomic E-state index is 13.9. The molecular weight excluding hydrogens is 462 g/mol. The fraction of sp³-hybridized carbons (Fsp3) is 0.179. The predicted molar refractivity (Wildman–Crippen MR) is 138 cm³/mol. The molecule has 1 atom stereocenters. The number of benzene rings is 3. The van der Waals surface area contributed by atoms with E-state index in [1.807, 2.05) is 78.7 Å². The molecule has 0 saturated heterocycles. The fourth-order valence-corrected chi connectivity index (χ4v) is 4.82. The Balaban J connectivity index is 1.65. The maximum absolute atomic E-state index is 13.9. The molecule has 3 aromatic carbocycles. The number of carbonyl (C=O) groups is 1. The van der Waals surface area contributed by atoms with Gasteiger partial charge in [-0.3, -0.25) is 0 Å². The number of rotatable bonds is 4. The molecule has 5 rings (SSSR count). The van der Waals surface area contributed by atoms with Crippen LogP contribution >= 0.6 is 11.6 Å². The Morgan fingerprint density at radius 1 is 0.971 bits per heavy atom. The number of para-hydroxylation sites is 1. The third kappa shape index (κ3) is 4.10. The molecule has 1 unspecified atom stereocenters. The van der Waals surface area contributed by atoms with Gasteiger partial charge in [-0.25, -0.2) is 4.79 Å². The predicted octanol–water partition coefficient (Wildman–Crippen LogP) is 6.59. The van der Waals surface area contributed by atoms with Crippen LogP contribution in [0.4, 0.5) is 10.5 Å². The van der Waals surface area contributed by atoms with Crippen molar-refractivity contribution >= 4 is 23.3 Å². The maximum Gasteiger partial charge on any atom is 0.322 e. The van der Waals surface area contributed by atoms with E-state index in [1.54, 1.807) is 14.2 Å². The molecule has 1 aromatic heterocycles. The van der Waals surface area contributed by atoms with Crippen molar-refractivity contribution in [1.82, 2.24) is 9.47 Å². The van der Waals surface area contributed by atoms with Gasteiger partial charge in [-0.15, -0.1) is 0 Å². The number of carbonyl (C=O) groups excluding carboxylic acids is 1. The Morgan fingerprint density at radius 3 is 2.57 bits per heavy atom. The topological polar surface area (TPSA) is 55.7 Å². The zero-order valence-electron chi connectivity index (χ0n) is 19.8. The Labute approximate surface area is 209 Å². The van der Waals surface area contributed by atoms with Crippen LogP contribution in [-0.2, 0) is 6.54 Å². The van der Waals surface area contributed by atoms with Crippen LogP contribution < -0.4 is 14.8 Å². The highest BCUT2D eigenvalue weighted by molar-refractivity contribution is 6.31. The molecule has 0 bridgehead atoms. The minimum atomic E-state index is -0.378. The average Bonchev–Trinajstić information content (AvgIpc) is 3.30. The first-order valence-corrected chi connectivity index (χ1v) is 11.7. The van der Waals surface area contributed by atoms with Crippen LogP contribution in [-0.4, -0.2) is 29.7 Å². The largest absolute Gasteiger partial charge is 0.493 e. The van der Waals surface area contributed by atoms with Crippen molar-refractivity contribution < 1.29 is 14.3 Å². The van der Waals surface area contributed by atoms with Crippen molar-refractivity contribution in [3.05, 3.63) is 106 Å². The summed E-state index contributed by atoms with van der Waals surface area (Å²) >= 11 is 6.32. The molecule has 0 spiro atoms. The lowest BCUT2D eigenvalue weighted by atomic mass is 10.0. The summed E-state index contributed by atoms with van der Waals surface area (Å²) in [5, 5.41) is 3.70. The molecule has 1 N–H and O–H groups in total. The molecule has 2 amide bonds. The number of methoxy groups -OCH3 is 2. The Hall–Kier alpha value is -3.90. The van der Waals surface area contributed by atoms with Crippen LogP contribution in [0.1, 0.15) is 28.4 Å². The first-order chi connectivity index (χ1) is 17.0. The van der Waals surface area contributed by atoms with E-state index in [0.29, 0.717) is 28.8 Å². The normalized spacial score (nSPS) is 14.5. The molecule has 0 saturated carbocycles. The lowest BCUT2D eigenvalue weighted by Crippen LogP contribution is -2.38. The van der Waals surface area contributed by atoms with Gasteiger partial charge in [0.2, 0.25) is 0 Å². The second kappa shape index (κ2) is 9.39. The molecule has 0 aliphatic carbocycles. The van der Waals surface area contributed by atoms with Gasteiger partial charge in [0.05, 0.1) is 32.5 Å². The third-order valence-electron chi connectivity index (χ3n) is 6.46. The minimum absolute atomic E-state index is 0.223. The van der Waals surface area contributed by atoms with Crippen molar-refractivity contribution in [2.24, 2.45) is 0 Å². The first kappa shape index (κ1) is 22.9. The number of ether oxygens (including phenoxy) is 2. The number of fused-ring (bicyclic) bond motifs is 3. The fourth-order valence-electron chi connectivity index (χ4n) is 4.64. The van der Waals surface area contributed by atoms with Gasteiger partial charge in [-0.2, -0.15) is 0 Å². The van der Waals surface area contributed by atoms with Gasteiger partial charge in [-0.05, 0) is 66.1 Å². The first-order valence-electron chi connectivity index (χ1n) is 11.3. The van der Waals surface area contributed by atoms with E-state index in [9.17, 15) is 4.79 Å². The number of nitrogens with one attached hydrogen (secondary N) is 1. The molecule has 178 valence electrons. The zero-order chi connectivity index (χ0) is 24.5. The monoisotopic (exact) mass is 487 g/mol. The highest BCUT2D eigenvalue weighted by Crippen LogP contribution is 2.40. The number of hydrogen-bond acceptors (Lipinski definition) is 3. The highest BCUT2D eigenvalue weighted by Gasteiger charge is 2.33. The minimum Gasteiger partial charge on any atom is -0.493 e. The third-order valence-corrected chi connectivity index (χ3v) is 6.87. The second-order valence-electron chi connectivity index (χ2n) is 8.42. The van der Waals surface area contributed by atoms with Gasteiger partial charge in [0.15, 0.2) is 11.5 Å². The molecule has 4 aromatic rings. The summed E-state index contributed by atoms with van der Waals surface area (Å²) in [5.41, 5.74) is 5.48. The van der Waals surface area contributed by atoms with Gasteiger partial charge in [0, 0.05) is 22.6 Å². The summed E-state index contributed by atoms with van der Waals surface area (Å²) in [6.07, 6.45) is 2.03. The molecule has 0 radical (unpaired) electrons. The van der Waals surface area contributed by atoms with E-state index in [2.05, 4.69) is 22.0 Å². The number of hydrogen-bond donors (Lipinski definition) is 1. The second-order valence-corrected chi connectivity index (χ2v) is 8.83. The number of halogens is 1. The standard InChI is InChI=1S/C28H26ClN3O3/c1-18-21(29)9-6-10-22(18)30-28(33)32-17-20-8-4-5-11-23(20)31-15-7-12-24(31)27(32)19-13-14-25(34-2)26(16-19)35-3/h4-16,27H,17H2,1-3H3,(H,30,33). The molecule has 35 heavy (non-hydrogen) atoms. The van der Waals surface area contributed by atoms with Crippen LogP contribution in [0.15, 0.2) is 79.0 Å². The molecule has 6 nitrogen and oxygen atoms in total. The molecule has 0 fully saturated rings. The van der Waals surface area contributed by atoms with E-state index in [1.165, 1.54) is 0 Å². The summed E-state index contributed by atoms with van der Waals surface area (Å²) in [4.78, 5) is 15.7. The Bertz CT molecular complexity index is 1400. The van der Waals surface area contributed by atoms with Gasteiger partial charge >= 0.3 is 6.03 Å². The van der Waals surface area contributed by atoms with Crippen molar-refractivity contribution in [2.75, 3.05) is 19.5 Å². The van der Waals surface area contributed by atoms with Crippen LogP contribution in [0.25, 0.3) is 5.69 Å². The van der Waals surface area contributed by atoms with E-state index in [-0.39, 0.29) is 12.1 Å². The summed E-state index contributed by atoms with van der Waals surface area (Å²) in [5.74, 6) is 1.24. The van der Waals surface area contributed by atoms with E-state index in [0.717, 1.165) is 28.1 Å². The smallest absolute Gasteiger partial charge is 0.322 e. The summed E-state index contributed by atoms with van der Waals surface area (Å²) in [6, 6.07) is 22.9. The molecule has 1 aliphatic heterocycles. The van der Waals surface area contributed by atoms with Crippen molar-refractivity contribution in [1.29, 1.82) is 0 Å². The van der Waals surface area contributed by atoms with Gasteiger partial charge < -0.3 is 24.3 Å². The molecular formula is C28H26ClN3O3. The number of nitrogens with zero attached hydrogens (tertiary/aromatic N) is 2. The summed E-state index contributed by atoms with van der Waals surface area (Å²) in [7, 11) is 3.22. The van der Waals surface area contributed by atoms with E-state index < -0.39 is 0 Å². The van der Waals surface area contributed by atoms with Crippen LogP contribution in [0.3, 0.4) is 0 Å². The van der Waals surface area contributed by atoms with Gasteiger partial charge in [0.1, 0.15) is 0 Å². The van der Waals surface area contributed by atoms with Crippen molar-refractivity contribution in [3.63, 3.8) is 0 Å². The molecule has 2 heterocycles. The summed E-state index contributed by atoms with van der Waals surface area (Å²) < 4.78 is 13.2. The van der Waals surface area contributed by atoms with Gasteiger partial charge in [0.25, 0.3) is 0 Å². The molecule has 7 heteroatoms. The lowest BCUT2D eigenvalue weighted by molar-refractivity contribution is 0.194. The number of anilines is 1. The van der Waals surface area contributed by atoms with E-state index in [4.69, 9.17) is 21.1 Å². The quantitative estimate of drug-likeness (QED) is 0.353.